The second kappa shape index (κ2) is 7.29. The first-order valence-electron chi connectivity index (χ1n) is 8.39. The highest BCUT2D eigenvalue weighted by atomic mass is 32.1. The Kier molecular flexibility index (Phi) is 5.08. The average molecular weight is 370 g/mol. The number of nitrogens with zero attached hydrogens (tertiary/aromatic N) is 2. The topological polar surface area (TPSA) is 75.5 Å². The van der Waals surface area contributed by atoms with Crippen molar-refractivity contribution in [2.45, 2.75) is 39.0 Å². The molecule has 0 saturated heterocycles. The van der Waals surface area contributed by atoms with Gasteiger partial charge in [-0.2, -0.15) is 0 Å². The Morgan fingerprint density at radius 1 is 1.15 bits per heavy atom. The highest BCUT2D eigenvalue weighted by molar-refractivity contribution is 7.15. The molecule has 0 saturated carbocycles. The Morgan fingerprint density at radius 3 is 2.54 bits per heavy atom. The molecule has 136 valence electrons. The van der Waals surface area contributed by atoms with Crippen LogP contribution in [-0.4, -0.2) is 21.2 Å². The predicted molar refractivity (Wildman–Crippen MR) is 102 cm³/mol. The van der Waals surface area contributed by atoms with E-state index in [4.69, 9.17) is 0 Å². The van der Waals surface area contributed by atoms with Gasteiger partial charge in [-0.25, -0.2) is 4.98 Å². The fraction of sp³-hybridized carbons (Fsp3) is 0.316. The zero-order valence-corrected chi connectivity index (χ0v) is 15.9. The van der Waals surface area contributed by atoms with Crippen LogP contribution >= 0.6 is 11.3 Å². The summed E-state index contributed by atoms with van der Waals surface area (Å²) in [5.74, 6) is -0.521. The molecular weight excluding hydrogens is 348 g/mol. The van der Waals surface area contributed by atoms with E-state index in [1.807, 2.05) is 67.2 Å². The van der Waals surface area contributed by atoms with E-state index in [9.17, 15) is 9.59 Å². The summed E-state index contributed by atoms with van der Waals surface area (Å²) in [5.41, 5.74) is 7.58. The van der Waals surface area contributed by atoms with E-state index in [0.29, 0.717) is 5.69 Å². The van der Waals surface area contributed by atoms with Crippen molar-refractivity contribution in [2.75, 3.05) is 0 Å². The summed E-state index contributed by atoms with van der Waals surface area (Å²) in [5, 5.41) is 1.93. The van der Waals surface area contributed by atoms with E-state index in [2.05, 4.69) is 15.8 Å². The molecule has 26 heavy (non-hydrogen) atoms. The van der Waals surface area contributed by atoms with Gasteiger partial charge in [-0.1, -0.05) is 43.7 Å². The minimum atomic E-state index is -0.323. The monoisotopic (exact) mass is 370 g/mol. The van der Waals surface area contributed by atoms with E-state index in [1.54, 1.807) is 0 Å². The quantitative estimate of drug-likeness (QED) is 0.678. The van der Waals surface area contributed by atoms with Crippen LogP contribution < -0.4 is 10.9 Å². The summed E-state index contributed by atoms with van der Waals surface area (Å²) < 4.78 is 1.87. The smallest absolute Gasteiger partial charge is 0.244 e. The van der Waals surface area contributed by atoms with E-state index in [0.717, 1.165) is 10.5 Å². The minimum Gasteiger partial charge on any atom is -0.297 e. The van der Waals surface area contributed by atoms with E-state index >= 15 is 0 Å². The van der Waals surface area contributed by atoms with Gasteiger partial charge in [0.15, 0.2) is 4.96 Å². The molecule has 2 aromatic heterocycles. The number of thiazole rings is 1. The standard InChI is InChI=1S/C19H22N4O2S/c1-13-4-6-14(7-5-13)19(2,3)11-17(25)22-21-16(24)10-15-12-23-8-9-26-18(23)20-15/h4-9,12H,10-11H2,1-3H3,(H,21,24)(H,22,25). The number of imidazole rings is 1. The van der Waals surface area contributed by atoms with Gasteiger partial charge in [0.2, 0.25) is 11.8 Å². The van der Waals surface area contributed by atoms with Gasteiger partial charge in [0.05, 0.1) is 12.1 Å². The normalized spacial score (nSPS) is 11.5. The van der Waals surface area contributed by atoms with Gasteiger partial charge in [0.1, 0.15) is 0 Å². The average Bonchev–Trinajstić information content (AvgIpc) is 3.14. The Bertz CT molecular complexity index is 896. The largest absolute Gasteiger partial charge is 0.297 e. The van der Waals surface area contributed by atoms with Crippen molar-refractivity contribution in [1.29, 1.82) is 0 Å². The number of nitrogens with one attached hydrogen (secondary N) is 2. The molecule has 0 atom stereocenters. The molecule has 3 aromatic rings. The van der Waals surface area contributed by atoms with Crippen molar-refractivity contribution in [2.24, 2.45) is 0 Å². The Hall–Kier alpha value is -2.67. The number of hydrogen-bond acceptors (Lipinski definition) is 4. The summed E-state index contributed by atoms with van der Waals surface area (Å²) in [6.07, 6.45) is 4.10. The number of rotatable bonds is 5. The van der Waals surface area contributed by atoms with Crippen LogP contribution in [0.1, 0.15) is 37.1 Å². The van der Waals surface area contributed by atoms with E-state index in [-0.39, 0.29) is 30.1 Å². The van der Waals surface area contributed by atoms with Crippen LogP contribution in [0, 0.1) is 6.92 Å². The molecule has 0 fully saturated rings. The molecule has 0 spiro atoms. The molecule has 2 N–H and O–H groups in total. The van der Waals surface area contributed by atoms with Crippen molar-refractivity contribution in [1.82, 2.24) is 20.2 Å². The van der Waals surface area contributed by atoms with Crippen molar-refractivity contribution in [3.63, 3.8) is 0 Å². The number of hydrazine groups is 1. The van der Waals surface area contributed by atoms with Crippen molar-refractivity contribution in [3.05, 3.63) is 58.9 Å². The molecule has 6 nitrogen and oxygen atoms in total. The van der Waals surface area contributed by atoms with Crippen LogP contribution in [0.2, 0.25) is 0 Å². The van der Waals surface area contributed by atoms with Gasteiger partial charge in [-0.15, -0.1) is 11.3 Å². The number of benzene rings is 1. The van der Waals surface area contributed by atoms with E-state index < -0.39 is 0 Å². The lowest BCUT2D eigenvalue weighted by Crippen LogP contribution is -2.44. The number of amides is 2. The second-order valence-electron chi connectivity index (χ2n) is 7.02. The summed E-state index contributed by atoms with van der Waals surface area (Å²) in [6, 6.07) is 8.14. The van der Waals surface area contributed by atoms with Gasteiger partial charge in [-0.3, -0.25) is 24.8 Å². The number of fused-ring (bicyclic) bond motifs is 1. The molecule has 7 heteroatoms. The summed E-state index contributed by atoms with van der Waals surface area (Å²) in [7, 11) is 0. The third kappa shape index (κ3) is 4.29. The molecule has 2 heterocycles. The number of aromatic nitrogens is 2. The lowest BCUT2D eigenvalue weighted by molar-refractivity contribution is -0.129. The number of aryl methyl sites for hydroxylation is 1. The summed E-state index contributed by atoms with van der Waals surface area (Å²) >= 11 is 1.51. The van der Waals surface area contributed by atoms with Gasteiger partial charge in [0.25, 0.3) is 0 Å². The van der Waals surface area contributed by atoms with Gasteiger partial charge in [-0.05, 0) is 17.9 Å². The minimum absolute atomic E-state index is 0.121. The second-order valence-corrected chi connectivity index (χ2v) is 7.90. The van der Waals surface area contributed by atoms with Crippen LogP contribution in [0.25, 0.3) is 4.96 Å². The molecule has 0 aliphatic carbocycles. The first-order valence-corrected chi connectivity index (χ1v) is 9.27. The molecular formula is C19H22N4O2S. The molecule has 0 unspecified atom stereocenters. The van der Waals surface area contributed by atoms with Gasteiger partial charge in [0, 0.05) is 24.2 Å². The summed E-state index contributed by atoms with van der Waals surface area (Å²) in [6.45, 7) is 6.05. The maximum Gasteiger partial charge on any atom is 0.244 e. The lowest BCUT2D eigenvalue weighted by atomic mass is 9.81. The van der Waals surface area contributed by atoms with Crippen molar-refractivity contribution < 1.29 is 9.59 Å². The predicted octanol–water partition coefficient (Wildman–Crippen LogP) is 2.76. The molecule has 0 bridgehead atoms. The first kappa shape index (κ1) is 18.1. The zero-order valence-electron chi connectivity index (χ0n) is 15.1. The maximum absolute atomic E-state index is 12.2. The molecule has 0 aliphatic rings. The fourth-order valence-corrected chi connectivity index (χ4v) is 3.48. The van der Waals surface area contributed by atoms with Gasteiger partial charge < -0.3 is 0 Å². The summed E-state index contributed by atoms with van der Waals surface area (Å²) in [4.78, 5) is 29.4. The highest BCUT2D eigenvalue weighted by Crippen LogP contribution is 2.27. The third-order valence-electron chi connectivity index (χ3n) is 4.26. The van der Waals surface area contributed by atoms with E-state index in [1.165, 1.54) is 16.9 Å². The van der Waals surface area contributed by atoms with Crippen molar-refractivity contribution >= 4 is 28.1 Å². The number of carbonyl (C=O) groups excluding carboxylic acids is 2. The Balaban J connectivity index is 1.50. The van der Waals surface area contributed by atoms with Crippen molar-refractivity contribution in [3.8, 4) is 0 Å². The van der Waals surface area contributed by atoms with Crippen LogP contribution in [0.15, 0.2) is 42.0 Å². The van der Waals surface area contributed by atoms with Crippen LogP contribution in [0.4, 0.5) is 0 Å². The van der Waals surface area contributed by atoms with Gasteiger partial charge >= 0.3 is 0 Å². The first-order chi connectivity index (χ1) is 12.3. The number of carbonyl (C=O) groups is 2. The Labute approximate surface area is 156 Å². The lowest BCUT2D eigenvalue weighted by Gasteiger charge is -2.24. The highest BCUT2D eigenvalue weighted by Gasteiger charge is 2.24. The molecule has 3 rings (SSSR count). The number of hydrogen-bond donors (Lipinski definition) is 2. The third-order valence-corrected chi connectivity index (χ3v) is 5.03. The fourth-order valence-electron chi connectivity index (χ4n) is 2.76. The maximum atomic E-state index is 12.2. The SMILES string of the molecule is Cc1ccc(C(C)(C)CC(=O)NNC(=O)Cc2cn3ccsc3n2)cc1. The van der Waals surface area contributed by atoms with Crippen LogP contribution in [0.3, 0.4) is 0 Å². The van der Waals surface area contributed by atoms with Crippen LogP contribution in [-0.2, 0) is 21.4 Å². The Morgan fingerprint density at radius 2 is 1.85 bits per heavy atom. The van der Waals surface area contributed by atoms with Crippen LogP contribution in [0.5, 0.6) is 0 Å². The molecule has 1 aromatic carbocycles. The molecule has 0 aliphatic heterocycles. The molecule has 2 amide bonds. The zero-order chi connectivity index (χ0) is 18.7. The molecule has 0 radical (unpaired) electrons.